The summed E-state index contributed by atoms with van der Waals surface area (Å²) in [5.41, 5.74) is 0. The Balaban J connectivity index is 0.00000112. The fourth-order valence-electron chi connectivity index (χ4n) is 2.18. The second-order valence-electron chi connectivity index (χ2n) is 4.69. The Labute approximate surface area is 98.0 Å². The Bertz CT molecular complexity index is 213. The van der Waals surface area contributed by atoms with E-state index < -0.39 is 0 Å². The van der Waals surface area contributed by atoms with Gasteiger partial charge < -0.3 is 10.2 Å². The van der Waals surface area contributed by atoms with Crippen molar-refractivity contribution in [1.82, 2.24) is 10.2 Å². The lowest BCUT2D eigenvalue weighted by molar-refractivity contribution is -0.131. The molecule has 0 unspecified atom stereocenters. The second kappa shape index (κ2) is 5.71. The lowest BCUT2D eigenvalue weighted by atomic mass is 9.97. The third kappa shape index (κ3) is 3.65. The summed E-state index contributed by atoms with van der Waals surface area (Å²) in [6, 6.07) is 0. The molecular weight excluding hydrogens is 212 g/mol. The van der Waals surface area contributed by atoms with Crippen LogP contribution in [-0.4, -0.2) is 37.5 Å². The maximum absolute atomic E-state index is 11.7. The highest BCUT2D eigenvalue weighted by Crippen LogP contribution is 2.31. The molecule has 0 aromatic carbocycles. The van der Waals surface area contributed by atoms with Crippen molar-refractivity contribution in [3.8, 4) is 0 Å². The Morgan fingerprint density at radius 2 is 1.87 bits per heavy atom. The van der Waals surface area contributed by atoms with Crippen molar-refractivity contribution in [2.75, 3.05) is 26.7 Å². The van der Waals surface area contributed by atoms with Gasteiger partial charge in [-0.2, -0.15) is 0 Å². The van der Waals surface area contributed by atoms with Gasteiger partial charge in [-0.05, 0) is 44.7 Å². The summed E-state index contributed by atoms with van der Waals surface area (Å²) in [4.78, 5) is 13.6. The van der Waals surface area contributed by atoms with Crippen LogP contribution < -0.4 is 5.32 Å². The molecule has 0 spiro atoms. The van der Waals surface area contributed by atoms with Gasteiger partial charge in [0.05, 0.1) is 0 Å². The van der Waals surface area contributed by atoms with Crippen molar-refractivity contribution in [2.45, 2.75) is 25.7 Å². The van der Waals surface area contributed by atoms with Gasteiger partial charge in [0.15, 0.2) is 0 Å². The van der Waals surface area contributed by atoms with Crippen LogP contribution in [0.2, 0.25) is 0 Å². The third-order valence-electron chi connectivity index (χ3n) is 3.29. The highest BCUT2D eigenvalue weighted by molar-refractivity contribution is 5.85. The van der Waals surface area contributed by atoms with E-state index in [9.17, 15) is 4.79 Å². The second-order valence-corrected chi connectivity index (χ2v) is 4.69. The van der Waals surface area contributed by atoms with Gasteiger partial charge in [-0.3, -0.25) is 4.79 Å². The number of amides is 1. The van der Waals surface area contributed by atoms with E-state index in [1.807, 2.05) is 11.9 Å². The van der Waals surface area contributed by atoms with E-state index in [1.165, 1.54) is 12.8 Å². The predicted octanol–water partition coefficient (Wildman–Crippen LogP) is 1.28. The topological polar surface area (TPSA) is 32.3 Å². The van der Waals surface area contributed by atoms with Gasteiger partial charge in [0.25, 0.3) is 0 Å². The first kappa shape index (κ1) is 12.8. The largest absolute Gasteiger partial charge is 0.345 e. The molecule has 4 heteroatoms. The Morgan fingerprint density at radius 3 is 2.40 bits per heavy atom. The molecule has 2 aliphatic rings. The molecule has 0 aromatic rings. The number of nitrogens with zero attached hydrogens (tertiary/aromatic N) is 1. The molecule has 3 nitrogen and oxygen atoms in total. The van der Waals surface area contributed by atoms with Crippen molar-refractivity contribution >= 4 is 18.3 Å². The minimum atomic E-state index is 0. The van der Waals surface area contributed by atoms with E-state index in [1.54, 1.807) is 0 Å². The summed E-state index contributed by atoms with van der Waals surface area (Å²) in [5.74, 6) is 1.48. The first-order chi connectivity index (χ1) is 6.77. The minimum absolute atomic E-state index is 0. The summed E-state index contributed by atoms with van der Waals surface area (Å²) in [6.45, 7) is 3.21. The van der Waals surface area contributed by atoms with Gasteiger partial charge >= 0.3 is 0 Å². The van der Waals surface area contributed by atoms with Gasteiger partial charge in [-0.25, -0.2) is 0 Å². The van der Waals surface area contributed by atoms with E-state index >= 15 is 0 Å². The smallest absolute Gasteiger partial charge is 0.225 e. The highest BCUT2D eigenvalue weighted by atomic mass is 35.5. The average Bonchev–Trinajstić information content (AvgIpc) is 3.01. The third-order valence-corrected chi connectivity index (χ3v) is 3.29. The molecule has 0 aromatic heterocycles. The average molecular weight is 233 g/mol. The highest BCUT2D eigenvalue weighted by Gasteiger charge is 2.32. The number of nitrogens with one attached hydrogen (secondary N) is 1. The SMILES string of the molecule is CN(CC1CCNCC1)C(=O)C1CC1.Cl. The number of carbonyl (C=O) groups is 1. The minimum Gasteiger partial charge on any atom is -0.345 e. The number of hydrogen-bond donors (Lipinski definition) is 1. The Hall–Kier alpha value is -0.280. The van der Waals surface area contributed by atoms with E-state index in [4.69, 9.17) is 0 Å². The quantitative estimate of drug-likeness (QED) is 0.795. The normalized spacial score (nSPS) is 21.9. The van der Waals surface area contributed by atoms with Crippen LogP contribution >= 0.6 is 12.4 Å². The molecule has 1 heterocycles. The molecule has 2 rings (SSSR count). The van der Waals surface area contributed by atoms with Crippen LogP contribution in [0.25, 0.3) is 0 Å². The lowest BCUT2D eigenvalue weighted by Gasteiger charge is -2.27. The van der Waals surface area contributed by atoms with E-state index in [-0.39, 0.29) is 12.4 Å². The van der Waals surface area contributed by atoms with Gasteiger partial charge in [-0.1, -0.05) is 0 Å². The lowest BCUT2D eigenvalue weighted by Crippen LogP contribution is -2.37. The molecule has 15 heavy (non-hydrogen) atoms. The number of piperidine rings is 1. The standard InChI is InChI=1S/C11H20N2O.ClH/c1-13(11(14)10-2-3-10)8-9-4-6-12-7-5-9;/h9-10,12H,2-8H2,1H3;1H. The zero-order chi connectivity index (χ0) is 9.97. The van der Waals surface area contributed by atoms with Crippen LogP contribution in [0.5, 0.6) is 0 Å². The first-order valence-electron chi connectivity index (χ1n) is 5.73. The van der Waals surface area contributed by atoms with Crippen LogP contribution in [0.4, 0.5) is 0 Å². The van der Waals surface area contributed by atoms with Crippen molar-refractivity contribution in [3.05, 3.63) is 0 Å². The van der Waals surface area contributed by atoms with Crippen LogP contribution in [0.1, 0.15) is 25.7 Å². The zero-order valence-corrected chi connectivity index (χ0v) is 10.2. The molecule has 1 amide bonds. The molecule has 0 atom stereocenters. The Morgan fingerprint density at radius 1 is 1.27 bits per heavy atom. The molecular formula is C11H21ClN2O. The summed E-state index contributed by atoms with van der Waals surface area (Å²) < 4.78 is 0. The van der Waals surface area contributed by atoms with Crippen molar-refractivity contribution in [3.63, 3.8) is 0 Å². The summed E-state index contributed by atoms with van der Waals surface area (Å²) in [5, 5.41) is 3.35. The summed E-state index contributed by atoms with van der Waals surface area (Å²) in [6.07, 6.45) is 4.69. The molecule has 0 radical (unpaired) electrons. The molecule has 1 aliphatic carbocycles. The zero-order valence-electron chi connectivity index (χ0n) is 9.37. The summed E-state index contributed by atoms with van der Waals surface area (Å²) >= 11 is 0. The molecule has 1 saturated carbocycles. The van der Waals surface area contributed by atoms with E-state index in [2.05, 4.69) is 5.32 Å². The molecule has 2 fully saturated rings. The van der Waals surface area contributed by atoms with Crippen LogP contribution in [-0.2, 0) is 4.79 Å². The Kier molecular flexibility index (Phi) is 4.87. The van der Waals surface area contributed by atoms with Gasteiger partial charge in [0, 0.05) is 19.5 Å². The predicted molar refractivity (Wildman–Crippen MR) is 63.2 cm³/mol. The van der Waals surface area contributed by atoms with Crippen molar-refractivity contribution < 1.29 is 4.79 Å². The number of rotatable bonds is 3. The molecule has 1 aliphatic heterocycles. The fourth-order valence-corrected chi connectivity index (χ4v) is 2.18. The van der Waals surface area contributed by atoms with Crippen molar-refractivity contribution in [2.24, 2.45) is 11.8 Å². The molecule has 0 bridgehead atoms. The molecule has 1 N–H and O–H groups in total. The van der Waals surface area contributed by atoms with Crippen LogP contribution in [0.3, 0.4) is 0 Å². The monoisotopic (exact) mass is 232 g/mol. The van der Waals surface area contributed by atoms with E-state index in [0.29, 0.717) is 11.8 Å². The van der Waals surface area contributed by atoms with Crippen LogP contribution in [0, 0.1) is 11.8 Å². The number of carbonyl (C=O) groups excluding carboxylic acids is 1. The van der Waals surface area contributed by atoms with Crippen molar-refractivity contribution in [1.29, 1.82) is 0 Å². The first-order valence-corrected chi connectivity index (χ1v) is 5.73. The number of halogens is 1. The fraction of sp³-hybridized carbons (Fsp3) is 0.909. The summed E-state index contributed by atoms with van der Waals surface area (Å²) in [7, 11) is 1.96. The molecule has 1 saturated heterocycles. The van der Waals surface area contributed by atoms with Gasteiger partial charge in [0.1, 0.15) is 0 Å². The van der Waals surface area contributed by atoms with Gasteiger partial charge in [0.2, 0.25) is 5.91 Å². The molecule has 88 valence electrons. The van der Waals surface area contributed by atoms with E-state index in [0.717, 1.165) is 38.4 Å². The van der Waals surface area contributed by atoms with Crippen LogP contribution in [0.15, 0.2) is 0 Å². The maximum atomic E-state index is 11.7. The maximum Gasteiger partial charge on any atom is 0.225 e. The van der Waals surface area contributed by atoms with Gasteiger partial charge in [-0.15, -0.1) is 12.4 Å². The number of hydrogen-bond acceptors (Lipinski definition) is 2.